The van der Waals surface area contributed by atoms with Gasteiger partial charge in [0, 0.05) is 11.6 Å². The van der Waals surface area contributed by atoms with Gasteiger partial charge < -0.3 is 4.74 Å². The van der Waals surface area contributed by atoms with E-state index in [-0.39, 0.29) is 18.1 Å². The Bertz CT molecular complexity index is 414. The van der Waals surface area contributed by atoms with Crippen LogP contribution in [0, 0.1) is 17.0 Å². The maximum absolute atomic E-state index is 13.2. The van der Waals surface area contributed by atoms with Crippen molar-refractivity contribution in [2.24, 2.45) is 5.41 Å². The van der Waals surface area contributed by atoms with Gasteiger partial charge in [0.05, 0.1) is 5.41 Å². The predicted octanol–water partition coefficient (Wildman–Crippen LogP) is 3.44. The lowest BCUT2D eigenvalue weighted by Crippen LogP contribution is -2.25. The first-order chi connectivity index (χ1) is 7.86. The summed E-state index contributed by atoms with van der Waals surface area (Å²) in [5.41, 5.74) is -0.414. The van der Waals surface area contributed by atoms with Crippen LogP contribution in [0.2, 0.25) is 0 Å². The van der Waals surface area contributed by atoms with Gasteiger partial charge in [0.25, 0.3) is 0 Å². The molecule has 0 aliphatic heterocycles. The molecule has 0 unspecified atom stereocenters. The smallest absolute Gasteiger partial charge is 0.311 e. The molecule has 1 rings (SSSR count). The molecule has 4 heteroatoms. The number of carbonyl (C=O) groups is 1. The minimum Gasteiger partial charge on any atom is -0.460 e. The molecule has 1 aromatic carbocycles. The van der Waals surface area contributed by atoms with E-state index in [1.807, 2.05) is 6.92 Å². The van der Waals surface area contributed by atoms with E-state index >= 15 is 0 Å². The number of hydrogen-bond acceptors (Lipinski definition) is 2. The van der Waals surface area contributed by atoms with Gasteiger partial charge in [-0.05, 0) is 32.4 Å². The van der Waals surface area contributed by atoms with Crippen LogP contribution in [0.4, 0.5) is 8.78 Å². The minimum absolute atomic E-state index is 0.172. The first kappa shape index (κ1) is 13.6. The SMILES string of the molecule is CCC(C)(C)C(=O)OCc1ccc(F)cc1F. The van der Waals surface area contributed by atoms with Gasteiger partial charge in [-0.1, -0.05) is 6.92 Å². The molecular weight excluding hydrogens is 226 g/mol. The quantitative estimate of drug-likeness (QED) is 0.756. The van der Waals surface area contributed by atoms with Crippen LogP contribution in [0.25, 0.3) is 0 Å². The van der Waals surface area contributed by atoms with Crippen LogP contribution >= 0.6 is 0 Å². The van der Waals surface area contributed by atoms with E-state index < -0.39 is 17.0 Å². The molecule has 0 spiro atoms. The van der Waals surface area contributed by atoms with Crippen molar-refractivity contribution in [3.8, 4) is 0 Å². The number of rotatable bonds is 4. The third-order valence-corrected chi connectivity index (χ3v) is 2.81. The Balaban J connectivity index is 2.65. The van der Waals surface area contributed by atoms with Gasteiger partial charge in [0.15, 0.2) is 0 Å². The highest BCUT2D eigenvalue weighted by Crippen LogP contribution is 2.22. The molecule has 0 N–H and O–H groups in total. The van der Waals surface area contributed by atoms with Crippen molar-refractivity contribution >= 4 is 5.97 Å². The minimum atomic E-state index is -0.702. The molecule has 17 heavy (non-hydrogen) atoms. The number of halogens is 2. The lowest BCUT2D eigenvalue weighted by molar-refractivity contribution is -0.155. The maximum Gasteiger partial charge on any atom is 0.311 e. The lowest BCUT2D eigenvalue weighted by Gasteiger charge is -2.20. The molecule has 0 radical (unpaired) electrons. The summed E-state index contributed by atoms with van der Waals surface area (Å²) in [5.74, 6) is -1.73. The largest absolute Gasteiger partial charge is 0.460 e. The average molecular weight is 242 g/mol. The van der Waals surface area contributed by atoms with Crippen LogP contribution in [0.3, 0.4) is 0 Å². The lowest BCUT2D eigenvalue weighted by atomic mass is 9.91. The van der Waals surface area contributed by atoms with Crippen molar-refractivity contribution in [1.82, 2.24) is 0 Å². The number of ether oxygens (including phenoxy) is 1. The van der Waals surface area contributed by atoms with Crippen LogP contribution < -0.4 is 0 Å². The number of hydrogen-bond donors (Lipinski definition) is 0. The van der Waals surface area contributed by atoms with Crippen LogP contribution in [-0.4, -0.2) is 5.97 Å². The van der Waals surface area contributed by atoms with Crippen molar-refractivity contribution < 1.29 is 18.3 Å². The fourth-order valence-corrected chi connectivity index (χ4v) is 1.12. The Kier molecular flexibility index (Phi) is 4.21. The Morgan fingerprint density at radius 3 is 2.53 bits per heavy atom. The second-order valence-electron chi connectivity index (χ2n) is 4.55. The molecule has 0 aliphatic rings. The van der Waals surface area contributed by atoms with Crippen molar-refractivity contribution in [2.45, 2.75) is 33.8 Å². The molecule has 0 fully saturated rings. The van der Waals surface area contributed by atoms with E-state index in [0.29, 0.717) is 6.42 Å². The molecule has 0 saturated heterocycles. The Morgan fingerprint density at radius 2 is 2.00 bits per heavy atom. The standard InChI is InChI=1S/C13H16F2O2/c1-4-13(2,3)12(16)17-8-9-5-6-10(14)7-11(9)15/h5-7H,4,8H2,1-3H3. The van der Waals surface area contributed by atoms with Crippen LogP contribution in [0.1, 0.15) is 32.8 Å². The van der Waals surface area contributed by atoms with Gasteiger partial charge in [-0.25, -0.2) is 8.78 Å². The molecular formula is C13H16F2O2. The molecule has 2 nitrogen and oxygen atoms in total. The third kappa shape index (κ3) is 3.51. The van der Waals surface area contributed by atoms with Crippen LogP contribution in [0.5, 0.6) is 0 Å². The normalized spacial score (nSPS) is 11.4. The molecule has 0 heterocycles. The first-order valence-electron chi connectivity index (χ1n) is 5.48. The summed E-state index contributed by atoms with van der Waals surface area (Å²) in [6.07, 6.45) is 0.637. The zero-order valence-corrected chi connectivity index (χ0v) is 10.2. The van der Waals surface area contributed by atoms with Crippen molar-refractivity contribution in [2.75, 3.05) is 0 Å². The first-order valence-corrected chi connectivity index (χ1v) is 5.48. The monoisotopic (exact) mass is 242 g/mol. The maximum atomic E-state index is 13.2. The van der Waals surface area contributed by atoms with E-state index in [2.05, 4.69) is 0 Å². The summed E-state index contributed by atoms with van der Waals surface area (Å²) in [6, 6.07) is 3.18. The van der Waals surface area contributed by atoms with E-state index in [1.54, 1.807) is 13.8 Å². The second kappa shape index (κ2) is 5.25. The molecule has 0 atom stereocenters. The van der Waals surface area contributed by atoms with Gasteiger partial charge in [0.2, 0.25) is 0 Å². The highest BCUT2D eigenvalue weighted by Gasteiger charge is 2.27. The van der Waals surface area contributed by atoms with Gasteiger partial charge in [-0.3, -0.25) is 4.79 Å². The summed E-state index contributed by atoms with van der Waals surface area (Å²) >= 11 is 0. The zero-order chi connectivity index (χ0) is 13.1. The third-order valence-electron chi connectivity index (χ3n) is 2.81. The second-order valence-corrected chi connectivity index (χ2v) is 4.55. The van der Waals surface area contributed by atoms with E-state index in [0.717, 1.165) is 12.1 Å². The fraction of sp³-hybridized carbons (Fsp3) is 0.462. The van der Waals surface area contributed by atoms with E-state index in [4.69, 9.17) is 4.74 Å². The average Bonchev–Trinajstić information content (AvgIpc) is 2.27. The van der Waals surface area contributed by atoms with E-state index in [9.17, 15) is 13.6 Å². The molecule has 0 amide bonds. The topological polar surface area (TPSA) is 26.3 Å². The Hall–Kier alpha value is -1.45. The molecule has 0 saturated carbocycles. The number of esters is 1. The number of carbonyl (C=O) groups excluding carboxylic acids is 1. The summed E-state index contributed by atoms with van der Waals surface area (Å²) < 4.78 is 30.9. The number of benzene rings is 1. The molecule has 0 bridgehead atoms. The summed E-state index contributed by atoms with van der Waals surface area (Å²) in [6.45, 7) is 5.22. The van der Waals surface area contributed by atoms with Crippen molar-refractivity contribution in [3.63, 3.8) is 0 Å². The molecule has 94 valence electrons. The highest BCUT2D eigenvalue weighted by atomic mass is 19.1. The highest BCUT2D eigenvalue weighted by molar-refractivity contribution is 5.75. The van der Waals surface area contributed by atoms with E-state index in [1.165, 1.54) is 6.07 Å². The Morgan fingerprint density at radius 1 is 1.35 bits per heavy atom. The van der Waals surface area contributed by atoms with Gasteiger partial charge in [-0.15, -0.1) is 0 Å². The van der Waals surface area contributed by atoms with Crippen molar-refractivity contribution in [3.05, 3.63) is 35.4 Å². The summed E-state index contributed by atoms with van der Waals surface area (Å²) in [5, 5.41) is 0. The summed E-state index contributed by atoms with van der Waals surface area (Å²) in [4.78, 5) is 11.6. The van der Waals surface area contributed by atoms with Gasteiger partial charge >= 0.3 is 5.97 Å². The molecule has 0 aliphatic carbocycles. The molecule has 0 aromatic heterocycles. The van der Waals surface area contributed by atoms with Gasteiger partial charge in [0.1, 0.15) is 18.2 Å². The Labute approximate surface area is 99.6 Å². The zero-order valence-electron chi connectivity index (χ0n) is 10.2. The van der Waals surface area contributed by atoms with Crippen LogP contribution in [-0.2, 0) is 16.1 Å². The van der Waals surface area contributed by atoms with Crippen molar-refractivity contribution in [1.29, 1.82) is 0 Å². The van der Waals surface area contributed by atoms with Crippen LogP contribution in [0.15, 0.2) is 18.2 Å². The van der Waals surface area contributed by atoms with Gasteiger partial charge in [-0.2, -0.15) is 0 Å². The predicted molar refractivity (Wildman–Crippen MR) is 60.2 cm³/mol. The molecule has 1 aromatic rings. The summed E-state index contributed by atoms with van der Waals surface area (Å²) in [7, 11) is 0. The fourth-order valence-electron chi connectivity index (χ4n) is 1.12.